The van der Waals surface area contributed by atoms with Crippen LogP contribution in [0.2, 0.25) is 0 Å². The molecule has 0 aromatic rings. The van der Waals surface area contributed by atoms with Crippen molar-refractivity contribution in [1.82, 2.24) is 0 Å². The van der Waals surface area contributed by atoms with Crippen molar-refractivity contribution >= 4 is 0 Å². The summed E-state index contributed by atoms with van der Waals surface area (Å²) in [6, 6.07) is 0. The molecule has 6 N–H and O–H groups in total. The Morgan fingerprint density at radius 1 is 0.786 bits per heavy atom. The van der Waals surface area contributed by atoms with Crippen molar-refractivity contribution in [2.75, 3.05) is 6.61 Å². The van der Waals surface area contributed by atoms with Gasteiger partial charge in [-0.3, -0.25) is 0 Å². The molecule has 1 aliphatic rings. The van der Waals surface area contributed by atoms with Gasteiger partial charge >= 0.3 is 0 Å². The van der Waals surface area contributed by atoms with Gasteiger partial charge in [0.25, 0.3) is 0 Å². The van der Waals surface area contributed by atoms with Crippen LogP contribution in [-0.2, 0) is 4.74 Å². The second kappa shape index (κ2) is 4.49. The molecule has 0 amide bonds. The number of hydrogen-bond donors (Lipinski definition) is 6. The number of ether oxygens (including phenoxy) is 1. The van der Waals surface area contributed by atoms with Crippen LogP contribution in [0.1, 0.15) is 0 Å². The first-order chi connectivity index (χ1) is 6.49. The van der Waals surface area contributed by atoms with Gasteiger partial charge in [-0.05, 0) is 0 Å². The summed E-state index contributed by atoms with van der Waals surface area (Å²) in [7, 11) is 0. The monoisotopic (exact) mass is 210 g/mol. The molecule has 0 unspecified atom stereocenters. The van der Waals surface area contributed by atoms with E-state index in [1.54, 1.807) is 0 Å². The minimum atomic E-state index is -1.76. The number of rotatable bonds is 1. The molecule has 1 rings (SSSR count). The predicted molar refractivity (Wildman–Crippen MR) is 42.0 cm³/mol. The van der Waals surface area contributed by atoms with Crippen molar-refractivity contribution in [3.05, 3.63) is 0 Å². The standard InChI is InChI=1S/C7H14O7/c8-1-2-3(9)4(10)5(11)6(12)7(13)14-2/h2-13H,1H2/t2-,3-,4-,5+,6-,7-/m1/s1. The lowest BCUT2D eigenvalue weighted by Crippen LogP contribution is -2.47. The molecule has 0 aromatic carbocycles. The first-order valence-electron chi connectivity index (χ1n) is 4.15. The maximum Gasteiger partial charge on any atom is 0.184 e. The third-order valence-electron chi connectivity index (χ3n) is 2.22. The minimum Gasteiger partial charge on any atom is -0.394 e. The van der Waals surface area contributed by atoms with E-state index >= 15 is 0 Å². The third-order valence-corrected chi connectivity index (χ3v) is 2.22. The Bertz CT molecular complexity index is 182. The number of aliphatic hydroxyl groups is 6. The molecule has 0 aliphatic carbocycles. The number of hydrogen-bond acceptors (Lipinski definition) is 7. The topological polar surface area (TPSA) is 131 Å². The highest BCUT2D eigenvalue weighted by Crippen LogP contribution is 2.19. The van der Waals surface area contributed by atoms with Gasteiger partial charge in [0, 0.05) is 0 Å². The quantitative estimate of drug-likeness (QED) is 0.261. The van der Waals surface area contributed by atoms with E-state index in [1.807, 2.05) is 0 Å². The average Bonchev–Trinajstić information content (AvgIpc) is 2.25. The summed E-state index contributed by atoms with van der Waals surface area (Å²) in [5, 5.41) is 54.7. The van der Waals surface area contributed by atoms with E-state index in [4.69, 9.17) is 15.3 Å². The summed E-state index contributed by atoms with van der Waals surface area (Å²) in [5.74, 6) is 0. The van der Waals surface area contributed by atoms with E-state index in [9.17, 15) is 15.3 Å². The largest absolute Gasteiger partial charge is 0.394 e. The Hall–Kier alpha value is -0.280. The van der Waals surface area contributed by atoms with Crippen molar-refractivity contribution in [2.45, 2.75) is 36.8 Å². The van der Waals surface area contributed by atoms with Gasteiger partial charge in [0.15, 0.2) is 6.29 Å². The first-order valence-corrected chi connectivity index (χ1v) is 4.15. The summed E-state index contributed by atoms with van der Waals surface area (Å²) < 4.78 is 4.61. The molecule has 0 spiro atoms. The van der Waals surface area contributed by atoms with Gasteiger partial charge in [-0.2, -0.15) is 0 Å². The van der Waals surface area contributed by atoms with Crippen LogP contribution < -0.4 is 0 Å². The molecule has 1 heterocycles. The molecule has 0 aromatic heterocycles. The molecule has 1 aliphatic heterocycles. The molecule has 7 nitrogen and oxygen atoms in total. The molecule has 14 heavy (non-hydrogen) atoms. The van der Waals surface area contributed by atoms with Gasteiger partial charge < -0.3 is 35.4 Å². The summed E-state index contributed by atoms with van der Waals surface area (Å²) in [6.45, 7) is -0.644. The normalized spacial score (nSPS) is 50.1. The fourth-order valence-electron chi connectivity index (χ4n) is 1.28. The highest BCUT2D eigenvalue weighted by Gasteiger charge is 2.43. The van der Waals surface area contributed by atoms with Gasteiger partial charge in [0.05, 0.1) is 6.61 Å². The molecule has 0 radical (unpaired) electrons. The summed E-state index contributed by atoms with van der Waals surface area (Å²) in [5.41, 5.74) is 0. The summed E-state index contributed by atoms with van der Waals surface area (Å²) in [4.78, 5) is 0. The van der Waals surface area contributed by atoms with Crippen molar-refractivity contribution in [2.24, 2.45) is 0 Å². The highest BCUT2D eigenvalue weighted by atomic mass is 16.6. The maximum absolute atomic E-state index is 9.31. The average molecular weight is 210 g/mol. The minimum absolute atomic E-state index is 0.644. The Balaban J connectivity index is 2.81. The summed E-state index contributed by atoms with van der Waals surface area (Å²) >= 11 is 0. The molecule has 0 bridgehead atoms. The lowest BCUT2D eigenvalue weighted by atomic mass is 10.0. The first kappa shape index (κ1) is 11.8. The van der Waals surface area contributed by atoms with Crippen LogP contribution in [0.15, 0.2) is 0 Å². The summed E-state index contributed by atoms with van der Waals surface area (Å²) in [6.07, 6.45) is -9.70. The smallest absolute Gasteiger partial charge is 0.184 e. The molecule has 7 heteroatoms. The highest BCUT2D eigenvalue weighted by molar-refractivity contribution is 4.90. The van der Waals surface area contributed by atoms with Gasteiger partial charge in [-0.25, -0.2) is 0 Å². The maximum atomic E-state index is 9.31. The second-order valence-electron chi connectivity index (χ2n) is 3.21. The van der Waals surface area contributed by atoms with Gasteiger partial charge in [0.2, 0.25) is 0 Å². The fraction of sp³-hybridized carbons (Fsp3) is 1.00. The van der Waals surface area contributed by atoms with E-state index in [0.717, 1.165) is 0 Å². The molecular formula is C7H14O7. The van der Waals surface area contributed by atoms with E-state index in [-0.39, 0.29) is 0 Å². The van der Waals surface area contributed by atoms with E-state index in [0.29, 0.717) is 0 Å². The van der Waals surface area contributed by atoms with Crippen molar-refractivity contribution in [3.8, 4) is 0 Å². The van der Waals surface area contributed by atoms with Crippen LogP contribution in [0.4, 0.5) is 0 Å². The van der Waals surface area contributed by atoms with Crippen LogP contribution in [-0.4, -0.2) is 74.1 Å². The lowest BCUT2D eigenvalue weighted by Gasteiger charge is -2.23. The Morgan fingerprint density at radius 2 is 1.29 bits per heavy atom. The third kappa shape index (κ3) is 2.04. The number of aliphatic hydroxyl groups excluding tert-OH is 6. The van der Waals surface area contributed by atoms with Gasteiger partial charge in [-0.1, -0.05) is 0 Å². The SMILES string of the molecule is OC[C@H]1O[C@@H](O)[C@H](O)[C@@H](O)[C@H](O)[C@@H]1O. The molecule has 1 fully saturated rings. The second-order valence-corrected chi connectivity index (χ2v) is 3.21. The van der Waals surface area contributed by atoms with Gasteiger partial charge in [-0.15, -0.1) is 0 Å². The zero-order valence-electron chi connectivity index (χ0n) is 7.26. The Kier molecular flexibility index (Phi) is 3.78. The van der Waals surface area contributed by atoms with Gasteiger partial charge in [0.1, 0.15) is 30.5 Å². The van der Waals surface area contributed by atoms with E-state index in [1.165, 1.54) is 0 Å². The van der Waals surface area contributed by atoms with Crippen molar-refractivity contribution < 1.29 is 35.4 Å². The van der Waals surface area contributed by atoms with Crippen LogP contribution in [0.25, 0.3) is 0 Å². The molecule has 6 atom stereocenters. The zero-order chi connectivity index (χ0) is 10.9. The molecule has 0 saturated carbocycles. The van der Waals surface area contributed by atoms with Crippen molar-refractivity contribution in [1.29, 1.82) is 0 Å². The van der Waals surface area contributed by atoms with Crippen LogP contribution in [0.3, 0.4) is 0 Å². The molecule has 84 valence electrons. The van der Waals surface area contributed by atoms with Crippen LogP contribution in [0.5, 0.6) is 0 Å². The zero-order valence-corrected chi connectivity index (χ0v) is 7.26. The van der Waals surface area contributed by atoms with Crippen molar-refractivity contribution in [3.63, 3.8) is 0 Å². The van der Waals surface area contributed by atoms with Crippen LogP contribution >= 0.6 is 0 Å². The van der Waals surface area contributed by atoms with E-state index < -0.39 is 43.4 Å². The molecule has 1 saturated heterocycles. The fourth-order valence-corrected chi connectivity index (χ4v) is 1.28. The predicted octanol–water partition coefficient (Wildman–Crippen LogP) is -3.86. The van der Waals surface area contributed by atoms with E-state index in [2.05, 4.69) is 4.74 Å². The van der Waals surface area contributed by atoms with Crippen LogP contribution in [0, 0.1) is 0 Å². The Labute approximate surface area is 79.8 Å². The lowest BCUT2D eigenvalue weighted by molar-refractivity contribution is -0.208. The Morgan fingerprint density at radius 3 is 1.79 bits per heavy atom. The molecular weight excluding hydrogens is 196 g/mol.